The van der Waals surface area contributed by atoms with Gasteiger partial charge in [0.1, 0.15) is 6.61 Å². The van der Waals surface area contributed by atoms with Gasteiger partial charge in [0.15, 0.2) is 0 Å². The van der Waals surface area contributed by atoms with E-state index in [1.807, 2.05) is 0 Å². The summed E-state index contributed by atoms with van der Waals surface area (Å²) in [6, 6.07) is 0. The molecule has 0 saturated heterocycles. The van der Waals surface area contributed by atoms with Crippen LogP contribution in [0.15, 0.2) is 12.2 Å². The van der Waals surface area contributed by atoms with Crippen LogP contribution in [0.5, 0.6) is 0 Å². The van der Waals surface area contributed by atoms with Gasteiger partial charge in [-0.25, -0.2) is 4.79 Å². The number of hydrogen-bond donors (Lipinski definition) is 1. The van der Waals surface area contributed by atoms with Gasteiger partial charge in [-0.15, -0.1) is 0 Å². The summed E-state index contributed by atoms with van der Waals surface area (Å²) >= 11 is 0. The van der Waals surface area contributed by atoms with E-state index in [1.165, 1.54) is 51.4 Å². The fourth-order valence-electron chi connectivity index (χ4n) is 2.25. The van der Waals surface area contributed by atoms with Crippen LogP contribution in [-0.2, 0) is 9.53 Å². The SMILES string of the molecule is C=C(C)C(=O)OCC(O)CCCCCCCCCCCC. The van der Waals surface area contributed by atoms with E-state index in [-0.39, 0.29) is 6.61 Å². The maximum Gasteiger partial charge on any atom is 0.333 e. The predicted octanol–water partition coefficient (Wildman–Crippen LogP) is 4.78. The van der Waals surface area contributed by atoms with Gasteiger partial charge in [-0.2, -0.15) is 0 Å². The van der Waals surface area contributed by atoms with E-state index in [4.69, 9.17) is 4.74 Å². The standard InChI is InChI=1S/C18H34O3/c1-4-5-6-7-8-9-10-11-12-13-14-17(19)15-21-18(20)16(2)3/h17,19H,2,4-15H2,1,3H3. The molecule has 0 aromatic rings. The van der Waals surface area contributed by atoms with E-state index in [1.54, 1.807) is 6.92 Å². The summed E-state index contributed by atoms with van der Waals surface area (Å²) < 4.78 is 4.92. The lowest BCUT2D eigenvalue weighted by molar-refractivity contribution is -0.142. The van der Waals surface area contributed by atoms with E-state index < -0.39 is 12.1 Å². The van der Waals surface area contributed by atoms with Crippen LogP contribution < -0.4 is 0 Å². The van der Waals surface area contributed by atoms with Crippen molar-refractivity contribution >= 4 is 5.97 Å². The average Bonchev–Trinajstić information content (AvgIpc) is 2.46. The molecule has 0 radical (unpaired) electrons. The van der Waals surface area contributed by atoms with Crippen molar-refractivity contribution in [3.8, 4) is 0 Å². The summed E-state index contributed by atoms with van der Waals surface area (Å²) in [5.74, 6) is -0.419. The third kappa shape index (κ3) is 13.9. The molecule has 0 aliphatic carbocycles. The molecule has 1 N–H and O–H groups in total. The zero-order valence-electron chi connectivity index (χ0n) is 14.0. The maximum absolute atomic E-state index is 11.2. The van der Waals surface area contributed by atoms with E-state index in [2.05, 4.69) is 13.5 Å². The first kappa shape index (κ1) is 20.2. The fourth-order valence-corrected chi connectivity index (χ4v) is 2.25. The monoisotopic (exact) mass is 298 g/mol. The van der Waals surface area contributed by atoms with Crippen LogP contribution in [0.3, 0.4) is 0 Å². The molecule has 3 nitrogen and oxygen atoms in total. The van der Waals surface area contributed by atoms with Gasteiger partial charge in [-0.3, -0.25) is 0 Å². The zero-order valence-corrected chi connectivity index (χ0v) is 14.0. The van der Waals surface area contributed by atoms with Gasteiger partial charge in [0.25, 0.3) is 0 Å². The third-order valence-corrected chi connectivity index (χ3v) is 3.65. The Labute approximate surface area is 130 Å². The number of rotatable bonds is 14. The average molecular weight is 298 g/mol. The zero-order chi connectivity index (χ0) is 15.9. The number of unbranched alkanes of at least 4 members (excludes halogenated alkanes) is 9. The van der Waals surface area contributed by atoms with Crippen molar-refractivity contribution in [1.29, 1.82) is 0 Å². The molecule has 0 spiro atoms. The van der Waals surface area contributed by atoms with Crippen molar-refractivity contribution in [2.45, 2.75) is 90.6 Å². The summed E-state index contributed by atoms with van der Waals surface area (Å²) in [6.07, 6.45) is 13.0. The molecule has 0 heterocycles. The van der Waals surface area contributed by atoms with Crippen molar-refractivity contribution in [2.24, 2.45) is 0 Å². The highest BCUT2D eigenvalue weighted by Gasteiger charge is 2.08. The maximum atomic E-state index is 11.2. The molecular weight excluding hydrogens is 264 g/mol. The van der Waals surface area contributed by atoms with Gasteiger partial charge in [0.2, 0.25) is 0 Å². The van der Waals surface area contributed by atoms with Crippen molar-refractivity contribution in [3.63, 3.8) is 0 Å². The summed E-state index contributed by atoms with van der Waals surface area (Å²) in [5.41, 5.74) is 0.376. The number of aliphatic hydroxyl groups is 1. The van der Waals surface area contributed by atoms with Gasteiger partial charge < -0.3 is 9.84 Å². The summed E-state index contributed by atoms with van der Waals surface area (Å²) in [4.78, 5) is 11.2. The van der Waals surface area contributed by atoms with Crippen molar-refractivity contribution in [3.05, 3.63) is 12.2 Å². The van der Waals surface area contributed by atoms with Gasteiger partial charge in [0.05, 0.1) is 6.10 Å². The molecule has 0 fully saturated rings. The second kappa shape index (κ2) is 14.1. The molecule has 0 aromatic carbocycles. The molecule has 0 aliphatic rings. The lowest BCUT2D eigenvalue weighted by atomic mass is 10.0. The highest BCUT2D eigenvalue weighted by Crippen LogP contribution is 2.12. The van der Waals surface area contributed by atoms with E-state index in [0.717, 1.165) is 12.8 Å². The van der Waals surface area contributed by atoms with E-state index in [9.17, 15) is 9.90 Å². The van der Waals surface area contributed by atoms with E-state index in [0.29, 0.717) is 12.0 Å². The number of ether oxygens (including phenoxy) is 1. The Morgan fingerprint density at radius 1 is 1.00 bits per heavy atom. The Kier molecular flexibility index (Phi) is 13.6. The lowest BCUT2D eigenvalue weighted by Crippen LogP contribution is -2.18. The molecule has 3 heteroatoms. The number of aliphatic hydroxyl groups excluding tert-OH is 1. The Morgan fingerprint density at radius 2 is 1.48 bits per heavy atom. The molecule has 0 rings (SSSR count). The Bertz CT molecular complexity index is 274. The number of esters is 1. The predicted molar refractivity (Wildman–Crippen MR) is 88.2 cm³/mol. The first-order valence-corrected chi connectivity index (χ1v) is 8.58. The molecule has 0 amide bonds. The van der Waals surface area contributed by atoms with Gasteiger partial charge >= 0.3 is 5.97 Å². The highest BCUT2D eigenvalue weighted by atomic mass is 16.5. The highest BCUT2D eigenvalue weighted by molar-refractivity contribution is 5.86. The van der Waals surface area contributed by atoms with Gasteiger partial charge in [-0.05, 0) is 13.3 Å². The Morgan fingerprint density at radius 3 is 1.95 bits per heavy atom. The minimum absolute atomic E-state index is 0.0864. The second-order valence-electron chi connectivity index (χ2n) is 6.00. The van der Waals surface area contributed by atoms with Crippen LogP contribution in [0, 0.1) is 0 Å². The molecule has 1 unspecified atom stereocenters. The van der Waals surface area contributed by atoms with Gasteiger partial charge in [-0.1, -0.05) is 77.7 Å². The molecular formula is C18H34O3. The largest absolute Gasteiger partial charge is 0.460 e. The van der Waals surface area contributed by atoms with Crippen LogP contribution in [0.1, 0.15) is 84.5 Å². The minimum Gasteiger partial charge on any atom is -0.460 e. The first-order valence-electron chi connectivity index (χ1n) is 8.58. The third-order valence-electron chi connectivity index (χ3n) is 3.65. The van der Waals surface area contributed by atoms with Crippen molar-refractivity contribution < 1.29 is 14.6 Å². The quantitative estimate of drug-likeness (QED) is 0.285. The molecule has 124 valence electrons. The summed E-state index contributed by atoms with van der Waals surface area (Å²) in [6.45, 7) is 7.44. The topological polar surface area (TPSA) is 46.5 Å². The normalized spacial score (nSPS) is 12.1. The van der Waals surface area contributed by atoms with Crippen LogP contribution in [0.4, 0.5) is 0 Å². The molecule has 0 aliphatic heterocycles. The minimum atomic E-state index is -0.539. The number of hydrogen-bond acceptors (Lipinski definition) is 3. The van der Waals surface area contributed by atoms with Crippen molar-refractivity contribution in [2.75, 3.05) is 6.61 Å². The summed E-state index contributed by atoms with van der Waals surface area (Å²) in [7, 11) is 0. The van der Waals surface area contributed by atoms with Crippen LogP contribution in [0.2, 0.25) is 0 Å². The molecule has 0 aromatic heterocycles. The Hall–Kier alpha value is -0.830. The van der Waals surface area contributed by atoms with Crippen molar-refractivity contribution in [1.82, 2.24) is 0 Å². The number of carbonyl (C=O) groups is 1. The molecule has 0 bridgehead atoms. The van der Waals surface area contributed by atoms with E-state index >= 15 is 0 Å². The van der Waals surface area contributed by atoms with Crippen LogP contribution in [-0.4, -0.2) is 23.8 Å². The summed E-state index contributed by atoms with van der Waals surface area (Å²) in [5, 5.41) is 9.70. The second-order valence-corrected chi connectivity index (χ2v) is 6.00. The molecule has 21 heavy (non-hydrogen) atoms. The van der Waals surface area contributed by atoms with Gasteiger partial charge in [0, 0.05) is 5.57 Å². The van der Waals surface area contributed by atoms with Crippen LogP contribution in [0.25, 0.3) is 0 Å². The Balaban J connectivity index is 3.27. The molecule has 1 atom stereocenters. The first-order chi connectivity index (χ1) is 10.1. The number of carbonyl (C=O) groups excluding carboxylic acids is 1. The van der Waals surface area contributed by atoms with Crippen LogP contribution >= 0.6 is 0 Å². The molecule has 0 saturated carbocycles. The fraction of sp³-hybridized carbons (Fsp3) is 0.833. The smallest absolute Gasteiger partial charge is 0.333 e. The lowest BCUT2D eigenvalue weighted by Gasteiger charge is -2.11.